The van der Waals surface area contributed by atoms with Gasteiger partial charge in [-0.2, -0.15) is 18.2 Å². The zero-order valence-electron chi connectivity index (χ0n) is 19.2. The molecule has 1 aromatic heterocycles. The van der Waals surface area contributed by atoms with Crippen molar-refractivity contribution >= 4 is 34.8 Å². The monoisotopic (exact) mass is 510 g/mol. The number of rotatable bonds is 4. The standard InChI is InChI=1S/C23H26ClF3N6O2/c1-22(2)17(31-16-18(28)32-20(23(25,26)27)33-19(16)35-22)13-7-8-14(15(24)9-13)12-5-3-11(4-6-12)10-30-21(29)34/h7-9,11-12H,3-6,10H2,1-2H3,(H2,28,32,33)(H3,29,30,34). The van der Waals surface area contributed by atoms with Gasteiger partial charge in [-0.05, 0) is 63.0 Å². The smallest absolute Gasteiger partial charge is 0.451 e. The number of nitrogens with two attached hydrogens (primary N) is 2. The zero-order valence-corrected chi connectivity index (χ0v) is 20.0. The van der Waals surface area contributed by atoms with Crippen LogP contribution >= 0.6 is 11.6 Å². The number of hydrogen-bond donors (Lipinski definition) is 3. The van der Waals surface area contributed by atoms with Crippen LogP contribution < -0.4 is 21.5 Å². The summed E-state index contributed by atoms with van der Waals surface area (Å²) in [5, 5.41) is 3.24. The normalized spacial score (nSPS) is 21.5. The van der Waals surface area contributed by atoms with Crippen molar-refractivity contribution in [3.05, 3.63) is 40.2 Å². The van der Waals surface area contributed by atoms with Crippen molar-refractivity contribution in [3.63, 3.8) is 0 Å². The van der Waals surface area contributed by atoms with Crippen molar-refractivity contribution in [2.75, 3.05) is 12.3 Å². The van der Waals surface area contributed by atoms with E-state index in [4.69, 9.17) is 27.8 Å². The minimum Gasteiger partial charge on any atom is -0.463 e. The fourth-order valence-electron chi connectivity index (χ4n) is 4.63. The van der Waals surface area contributed by atoms with E-state index >= 15 is 0 Å². The number of primary amides is 1. The van der Waals surface area contributed by atoms with Gasteiger partial charge in [0.05, 0.1) is 5.71 Å². The van der Waals surface area contributed by atoms with Crippen LogP contribution in [0.2, 0.25) is 5.02 Å². The summed E-state index contributed by atoms with van der Waals surface area (Å²) >= 11 is 6.67. The number of aromatic nitrogens is 2. The van der Waals surface area contributed by atoms with Crippen LogP contribution in [0.3, 0.4) is 0 Å². The van der Waals surface area contributed by atoms with Gasteiger partial charge in [0.1, 0.15) is 5.60 Å². The summed E-state index contributed by atoms with van der Waals surface area (Å²) in [6.07, 6.45) is -0.994. The lowest BCUT2D eigenvalue weighted by Gasteiger charge is -2.33. The number of nitrogens with zero attached hydrogens (tertiary/aromatic N) is 3. The number of hydrogen-bond acceptors (Lipinski definition) is 6. The molecule has 8 nitrogen and oxygen atoms in total. The Morgan fingerprint density at radius 3 is 2.51 bits per heavy atom. The Bertz CT molecular complexity index is 1180. The van der Waals surface area contributed by atoms with Crippen LogP contribution in [0.5, 0.6) is 5.88 Å². The summed E-state index contributed by atoms with van der Waals surface area (Å²) in [7, 11) is 0. The van der Waals surface area contributed by atoms with E-state index in [9.17, 15) is 18.0 Å². The molecule has 2 aliphatic rings. The van der Waals surface area contributed by atoms with Crippen LogP contribution in [-0.2, 0) is 6.18 Å². The van der Waals surface area contributed by atoms with Crippen LogP contribution in [0, 0.1) is 5.92 Å². The predicted molar refractivity (Wildman–Crippen MR) is 126 cm³/mol. The summed E-state index contributed by atoms with van der Waals surface area (Å²) in [4.78, 5) is 22.3. The van der Waals surface area contributed by atoms with Gasteiger partial charge >= 0.3 is 12.2 Å². The first-order valence-corrected chi connectivity index (χ1v) is 11.6. The van der Waals surface area contributed by atoms with Crippen LogP contribution in [0.25, 0.3) is 0 Å². The third-order valence-corrected chi connectivity index (χ3v) is 6.73. The number of anilines is 1. The molecule has 0 bridgehead atoms. The molecule has 2 amide bonds. The van der Waals surface area contributed by atoms with Gasteiger partial charge in [0.15, 0.2) is 11.5 Å². The Kier molecular flexibility index (Phi) is 6.56. The Balaban J connectivity index is 1.58. The SMILES string of the molecule is CC1(C)Oc2nc(C(F)(F)F)nc(N)c2N=C1c1ccc(C2CCC(CNC(N)=O)CC2)c(Cl)c1. The van der Waals surface area contributed by atoms with Gasteiger partial charge in [-0.25, -0.2) is 14.8 Å². The summed E-state index contributed by atoms with van der Waals surface area (Å²) in [5.74, 6) is -1.44. The average molecular weight is 511 g/mol. The number of benzene rings is 1. The highest BCUT2D eigenvalue weighted by molar-refractivity contribution is 6.32. The Morgan fingerprint density at radius 2 is 1.91 bits per heavy atom. The largest absolute Gasteiger partial charge is 0.463 e. The maximum atomic E-state index is 13.1. The summed E-state index contributed by atoms with van der Waals surface area (Å²) < 4.78 is 45.1. The summed E-state index contributed by atoms with van der Waals surface area (Å²) in [5.41, 5.74) is 11.9. The van der Waals surface area contributed by atoms with Crippen molar-refractivity contribution in [1.29, 1.82) is 0 Å². The van der Waals surface area contributed by atoms with Crippen molar-refractivity contribution in [2.45, 2.75) is 57.2 Å². The number of urea groups is 1. The third-order valence-electron chi connectivity index (χ3n) is 6.40. The van der Waals surface area contributed by atoms with Crippen LogP contribution in [-0.4, -0.2) is 33.9 Å². The van der Waals surface area contributed by atoms with Crippen LogP contribution in [0.4, 0.5) is 29.5 Å². The molecule has 1 saturated carbocycles. The van der Waals surface area contributed by atoms with Gasteiger partial charge in [0.2, 0.25) is 11.7 Å². The molecular formula is C23H26ClF3N6O2. The van der Waals surface area contributed by atoms with Gasteiger partial charge < -0.3 is 21.5 Å². The quantitative estimate of drug-likeness (QED) is 0.535. The molecule has 0 saturated heterocycles. The molecule has 5 N–H and O–H groups in total. The highest BCUT2D eigenvalue weighted by Crippen LogP contribution is 2.43. The lowest BCUT2D eigenvalue weighted by Crippen LogP contribution is -2.41. The van der Waals surface area contributed by atoms with Crippen molar-refractivity contribution in [3.8, 4) is 5.88 Å². The van der Waals surface area contributed by atoms with E-state index < -0.39 is 29.5 Å². The first-order chi connectivity index (χ1) is 16.3. The topological polar surface area (TPSA) is 129 Å². The molecule has 1 fully saturated rings. The van der Waals surface area contributed by atoms with Gasteiger partial charge in [0.25, 0.3) is 0 Å². The van der Waals surface area contributed by atoms with Crippen molar-refractivity contribution in [2.24, 2.45) is 16.6 Å². The number of carbonyl (C=O) groups excluding carboxylic acids is 1. The molecular weight excluding hydrogens is 485 g/mol. The molecule has 35 heavy (non-hydrogen) atoms. The minimum absolute atomic E-state index is 0.0459. The minimum atomic E-state index is -4.76. The number of ether oxygens (including phenoxy) is 1. The predicted octanol–water partition coefficient (Wildman–Crippen LogP) is 4.96. The highest BCUT2D eigenvalue weighted by atomic mass is 35.5. The van der Waals surface area contributed by atoms with Gasteiger partial charge in [-0.3, -0.25) is 0 Å². The molecule has 1 aliphatic carbocycles. The maximum Gasteiger partial charge on any atom is 0.451 e. The van der Waals surface area contributed by atoms with Crippen LogP contribution in [0.15, 0.2) is 23.2 Å². The summed E-state index contributed by atoms with van der Waals surface area (Å²) in [6.45, 7) is 3.94. The Hall–Kier alpha value is -3.08. The van der Waals surface area contributed by atoms with Gasteiger partial charge in [-0.15, -0.1) is 0 Å². The fraction of sp³-hybridized carbons (Fsp3) is 0.478. The first-order valence-electron chi connectivity index (χ1n) is 11.2. The van der Waals surface area contributed by atoms with E-state index in [1.807, 2.05) is 12.1 Å². The molecule has 0 radical (unpaired) electrons. The van der Waals surface area contributed by atoms with E-state index in [-0.39, 0.29) is 17.5 Å². The van der Waals surface area contributed by atoms with Gasteiger partial charge in [-0.1, -0.05) is 23.7 Å². The summed E-state index contributed by atoms with van der Waals surface area (Å²) in [6, 6.07) is 5.09. The number of alkyl halides is 3. The first kappa shape index (κ1) is 25.0. The van der Waals surface area contributed by atoms with Crippen molar-refractivity contribution < 1.29 is 22.7 Å². The number of amides is 2. The Morgan fingerprint density at radius 1 is 1.23 bits per heavy atom. The number of halogens is 4. The number of carbonyl (C=O) groups is 1. The average Bonchev–Trinajstić information content (AvgIpc) is 2.76. The molecule has 188 valence electrons. The molecule has 12 heteroatoms. The van der Waals surface area contributed by atoms with E-state index in [1.165, 1.54) is 0 Å². The molecule has 1 aliphatic heterocycles. The molecule has 0 unspecified atom stereocenters. The number of fused-ring (bicyclic) bond motifs is 1. The van der Waals surface area contributed by atoms with E-state index in [0.717, 1.165) is 31.2 Å². The highest BCUT2D eigenvalue weighted by Gasteiger charge is 2.40. The van der Waals surface area contributed by atoms with E-state index in [2.05, 4.69) is 20.3 Å². The molecule has 2 heterocycles. The van der Waals surface area contributed by atoms with Gasteiger partial charge in [0, 0.05) is 17.1 Å². The fourth-order valence-corrected chi connectivity index (χ4v) is 4.97. The number of nitrogens with one attached hydrogen (secondary N) is 1. The second-order valence-electron chi connectivity index (χ2n) is 9.36. The second-order valence-corrected chi connectivity index (χ2v) is 9.76. The second kappa shape index (κ2) is 9.18. The molecule has 0 spiro atoms. The number of aliphatic imine (C=N–C) groups is 1. The van der Waals surface area contributed by atoms with Crippen molar-refractivity contribution in [1.82, 2.24) is 15.3 Å². The van der Waals surface area contributed by atoms with Crippen LogP contribution in [0.1, 0.15) is 62.4 Å². The van der Waals surface area contributed by atoms with E-state index in [1.54, 1.807) is 19.9 Å². The Labute approximate surface area is 205 Å². The zero-order chi connectivity index (χ0) is 25.5. The molecule has 1 aromatic carbocycles. The number of nitrogen functional groups attached to an aromatic ring is 1. The molecule has 2 aromatic rings. The van der Waals surface area contributed by atoms with E-state index in [0.29, 0.717) is 28.8 Å². The molecule has 4 rings (SSSR count). The lowest BCUT2D eigenvalue weighted by molar-refractivity contribution is -0.145. The lowest BCUT2D eigenvalue weighted by atomic mass is 9.78. The maximum absolute atomic E-state index is 13.1. The molecule has 0 atom stereocenters. The third kappa shape index (κ3) is 5.29.